The summed E-state index contributed by atoms with van der Waals surface area (Å²) in [5.74, 6) is 0.481. The monoisotopic (exact) mass is 395 g/mol. The molecule has 4 aromatic rings. The number of hydrogen-bond donors (Lipinski definition) is 2. The number of anilines is 3. The normalized spacial score (nSPS) is 13.9. The molecule has 0 amide bonds. The van der Waals surface area contributed by atoms with Crippen molar-refractivity contribution in [3.8, 4) is 17.3 Å². The van der Waals surface area contributed by atoms with Gasteiger partial charge < -0.3 is 15.5 Å². The predicted octanol–water partition coefficient (Wildman–Crippen LogP) is 3.42. The van der Waals surface area contributed by atoms with Gasteiger partial charge in [-0.25, -0.2) is 9.50 Å². The van der Waals surface area contributed by atoms with E-state index in [9.17, 15) is 5.26 Å². The Hall–Kier alpha value is -3.89. The summed E-state index contributed by atoms with van der Waals surface area (Å²) >= 11 is 0. The summed E-state index contributed by atoms with van der Waals surface area (Å²) in [5, 5.41) is 20.9. The van der Waals surface area contributed by atoms with Gasteiger partial charge in [0.05, 0.1) is 23.0 Å². The summed E-state index contributed by atoms with van der Waals surface area (Å²) in [6.45, 7) is 4.06. The number of rotatable bonds is 4. The smallest absolute Gasteiger partial charge is 0.245 e. The van der Waals surface area contributed by atoms with Crippen LogP contribution in [-0.2, 0) is 0 Å². The van der Waals surface area contributed by atoms with Gasteiger partial charge in [-0.1, -0.05) is 30.3 Å². The molecule has 2 aromatic heterocycles. The number of nitriles is 1. The molecular weight excluding hydrogens is 374 g/mol. The Morgan fingerprint density at radius 1 is 1.00 bits per heavy atom. The van der Waals surface area contributed by atoms with E-state index in [-0.39, 0.29) is 0 Å². The maximum Gasteiger partial charge on any atom is 0.245 e. The van der Waals surface area contributed by atoms with Gasteiger partial charge in [0.1, 0.15) is 6.07 Å². The second-order valence-corrected chi connectivity index (χ2v) is 7.21. The van der Waals surface area contributed by atoms with E-state index < -0.39 is 0 Å². The molecule has 0 aliphatic carbocycles. The van der Waals surface area contributed by atoms with Crippen LogP contribution in [0, 0.1) is 11.3 Å². The van der Waals surface area contributed by atoms with Crippen molar-refractivity contribution in [1.82, 2.24) is 19.9 Å². The fourth-order valence-corrected chi connectivity index (χ4v) is 3.79. The molecule has 1 saturated heterocycles. The van der Waals surface area contributed by atoms with Crippen LogP contribution >= 0.6 is 0 Å². The van der Waals surface area contributed by atoms with Gasteiger partial charge in [0.2, 0.25) is 5.95 Å². The molecule has 7 nitrogen and oxygen atoms in total. The lowest BCUT2D eigenvalue weighted by Crippen LogP contribution is -2.43. The maximum absolute atomic E-state index is 9.58. The molecule has 30 heavy (non-hydrogen) atoms. The van der Waals surface area contributed by atoms with Crippen molar-refractivity contribution < 1.29 is 0 Å². The topological polar surface area (TPSA) is 81.3 Å². The van der Waals surface area contributed by atoms with Gasteiger partial charge in [-0.15, -0.1) is 5.10 Å². The predicted molar refractivity (Wildman–Crippen MR) is 118 cm³/mol. The second-order valence-electron chi connectivity index (χ2n) is 7.21. The lowest BCUT2D eigenvalue weighted by molar-refractivity contribution is 0.589. The molecule has 1 aliphatic heterocycles. The van der Waals surface area contributed by atoms with E-state index in [0.717, 1.165) is 48.6 Å². The highest BCUT2D eigenvalue weighted by Crippen LogP contribution is 2.27. The third kappa shape index (κ3) is 3.45. The Morgan fingerprint density at radius 2 is 1.77 bits per heavy atom. The van der Waals surface area contributed by atoms with Crippen molar-refractivity contribution in [2.24, 2.45) is 0 Å². The number of piperazine rings is 1. The number of benzene rings is 2. The van der Waals surface area contributed by atoms with Crippen LogP contribution in [0.3, 0.4) is 0 Å². The zero-order valence-corrected chi connectivity index (χ0v) is 16.4. The molecule has 0 saturated carbocycles. The van der Waals surface area contributed by atoms with Crippen LogP contribution in [0.2, 0.25) is 0 Å². The number of nitrogens with zero attached hydrogens (tertiary/aromatic N) is 5. The first kappa shape index (κ1) is 18.2. The minimum atomic E-state index is 0.481. The highest BCUT2D eigenvalue weighted by atomic mass is 15.3. The molecule has 3 heterocycles. The second kappa shape index (κ2) is 7.85. The molecule has 0 spiro atoms. The van der Waals surface area contributed by atoms with Crippen molar-refractivity contribution in [2.75, 3.05) is 36.4 Å². The van der Waals surface area contributed by atoms with Crippen molar-refractivity contribution >= 4 is 22.8 Å². The standard InChI is InChI=1S/C23H21N7/c24-15-18-14-21-16-26-23(28-30(21)22(18)17-4-2-1-3-5-17)27-19-6-8-20(9-7-19)29-12-10-25-11-13-29/h1-9,14,16,25H,10-13H2,(H,27,28). The van der Waals surface area contributed by atoms with Crippen LogP contribution in [0.4, 0.5) is 17.3 Å². The molecular formula is C23H21N7. The van der Waals surface area contributed by atoms with Crippen LogP contribution < -0.4 is 15.5 Å². The molecule has 2 aromatic carbocycles. The van der Waals surface area contributed by atoms with Crippen LogP contribution in [0.1, 0.15) is 5.56 Å². The summed E-state index contributed by atoms with van der Waals surface area (Å²) in [7, 11) is 0. The molecule has 0 atom stereocenters. The van der Waals surface area contributed by atoms with Crippen molar-refractivity contribution in [3.63, 3.8) is 0 Å². The fourth-order valence-electron chi connectivity index (χ4n) is 3.79. The lowest BCUT2D eigenvalue weighted by atomic mass is 10.1. The van der Waals surface area contributed by atoms with Crippen molar-refractivity contribution in [1.29, 1.82) is 5.26 Å². The van der Waals surface area contributed by atoms with E-state index >= 15 is 0 Å². The minimum Gasteiger partial charge on any atom is -0.369 e. The van der Waals surface area contributed by atoms with Crippen LogP contribution in [0.15, 0.2) is 66.9 Å². The Morgan fingerprint density at radius 3 is 2.50 bits per heavy atom. The summed E-state index contributed by atoms with van der Waals surface area (Å²) in [4.78, 5) is 6.80. The van der Waals surface area contributed by atoms with E-state index in [4.69, 9.17) is 0 Å². The molecule has 1 fully saturated rings. The molecule has 0 unspecified atom stereocenters. The van der Waals surface area contributed by atoms with Gasteiger partial charge in [0.25, 0.3) is 0 Å². The highest BCUT2D eigenvalue weighted by Gasteiger charge is 2.14. The number of hydrogen-bond acceptors (Lipinski definition) is 6. The third-order valence-corrected chi connectivity index (χ3v) is 5.29. The van der Waals surface area contributed by atoms with E-state index in [1.165, 1.54) is 5.69 Å². The zero-order valence-electron chi connectivity index (χ0n) is 16.4. The Balaban J connectivity index is 1.45. The van der Waals surface area contributed by atoms with Gasteiger partial charge in [0, 0.05) is 43.1 Å². The Labute approximate surface area is 174 Å². The quantitative estimate of drug-likeness (QED) is 0.551. The first-order valence-corrected chi connectivity index (χ1v) is 9.99. The van der Waals surface area contributed by atoms with Crippen LogP contribution in [-0.4, -0.2) is 40.8 Å². The summed E-state index contributed by atoms with van der Waals surface area (Å²) in [5.41, 5.74) is 5.21. The summed E-state index contributed by atoms with van der Waals surface area (Å²) in [6, 6.07) is 22.2. The lowest BCUT2D eigenvalue weighted by Gasteiger charge is -2.29. The molecule has 0 radical (unpaired) electrons. The molecule has 148 valence electrons. The van der Waals surface area contributed by atoms with Gasteiger partial charge in [0.15, 0.2) is 0 Å². The fraction of sp³-hybridized carbons (Fsp3) is 0.174. The zero-order chi connectivity index (χ0) is 20.3. The maximum atomic E-state index is 9.58. The van der Waals surface area contributed by atoms with E-state index in [1.54, 1.807) is 10.7 Å². The number of fused-ring (bicyclic) bond motifs is 1. The first-order valence-electron chi connectivity index (χ1n) is 9.99. The van der Waals surface area contributed by atoms with Gasteiger partial charge in [-0.2, -0.15) is 5.26 Å². The molecule has 1 aliphatic rings. The van der Waals surface area contributed by atoms with Gasteiger partial charge in [-0.05, 0) is 30.3 Å². The Bertz CT molecular complexity index is 1200. The van der Waals surface area contributed by atoms with Crippen molar-refractivity contribution in [2.45, 2.75) is 0 Å². The molecule has 5 rings (SSSR count). The average molecular weight is 395 g/mol. The molecule has 0 bridgehead atoms. The number of nitrogens with one attached hydrogen (secondary N) is 2. The van der Waals surface area contributed by atoms with Crippen molar-refractivity contribution in [3.05, 3.63) is 72.4 Å². The van der Waals surface area contributed by atoms with Crippen LogP contribution in [0.25, 0.3) is 16.8 Å². The van der Waals surface area contributed by atoms with Crippen LogP contribution in [0.5, 0.6) is 0 Å². The van der Waals surface area contributed by atoms with E-state index in [0.29, 0.717) is 11.5 Å². The van der Waals surface area contributed by atoms with Gasteiger partial charge in [-0.3, -0.25) is 0 Å². The van der Waals surface area contributed by atoms with E-state index in [2.05, 4.69) is 43.8 Å². The summed E-state index contributed by atoms with van der Waals surface area (Å²) < 4.78 is 1.78. The third-order valence-electron chi connectivity index (χ3n) is 5.29. The molecule has 2 N–H and O–H groups in total. The Kier molecular flexibility index (Phi) is 4.75. The minimum absolute atomic E-state index is 0.481. The first-order chi connectivity index (χ1) is 14.8. The number of aromatic nitrogens is 3. The van der Waals surface area contributed by atoms with E-state index in [1.807, 2.05) is 48.5 Å². The highest BCUT2D eigenvalue weighted by molar-refractivity contribution is 5.74. The molecule has 7 heteroatoms. The SMILES string of the molecule is N#Cc1cc2cnc(Nc3ccc(N4CCNCC4)cc3)nn2c1-c1ccccc1. The largest absolute Gasteiger partial charge is 0.369 e. The summed E-state index contributed by atoms with van der Waals surface area (Å²) in [6.07, 6.45) is 1.73. The van der Waals surface area contributed by atoms with Gasteiger partial charge >= 0.3 is 0 Å². The average Bonchev–Trinajstić information content (AvgIpc) is 3.19.